The molecule has 5 aromatic carbocycles. The molecule has 0 radical (unpaired) electrons. The van der Waals surface area contributed by atoms with Crippen molar-refractivity contribution < 1.29 is 23.8 Å². The Morgan fingerprint density at radius 1 is 0.375 bits per heavy atom. The molecular formula is C54H47N4O5P. The Labute approximate surface area is 371 Å². The van der Waals surface area contributed by atoms with E-state index >= 15 is 4.57 Å². The Hall–Kier alpha value is -7.35. The molecule has 9 nitrogen and oxygen atoms in total. The molecule has 4 unspecified atom stereocenters. The van der Waals surface area contributed by atoms with E-state index in [1.165, 1.54) is 0 Å². The second-order valence-corrected chi connectivity index (χ2v) is 19.7. The number of fused-ring (bicyclic) bond motifs is 14. The van der Waals surface area contributed by atoms with E-state index in [-0.39, 0.29) is 11.5 Å². The van der Waals surface area contributed by atoms with E-state index in [0.29, 0.717) is 16.8 Å². The molecule has 318 valence electrons. The number of phenolic OH excluding ortho intramolecular Hbond substituents is 2. The van der Waals surface area contributed by atoms with Gasteiger partial charge in [-0.25, -0.2) is 4.57 Å². The van der Waals surface area contributed by atoms with Crippen LogP contribution in [0.4, 0.5) is 0 Å². The highest BCUT2D eigenvalue weighted by molar-refractivity contribution is 7.63. The number of hydrogen-bond acceptors (Lipinski definition) is 5. The minimum atomic E-state index is -4.05. The van der Waals surface area contributed by atoms with Gasteiger partial charge in [-0.2, -0.15) is 0 Å². The molecular weight excluding hydrogens is 816 g/mol. The summed E-state index contributed by atoms with van der Waals surface area (Å²) in [6, 6.07) is 56.5. The van der Waals surface area contributed by atoms with Gasteiger partial charge in [0.15, 0.2) is 0 Å². The SMILES string of the molecule is CC12c3cccc(c3)OP(=O)(c3ccccc3)Oc3cccc(c3)C(C)(c3ccc1[nH]3)c1ccc([nH]1)[C@](C)(c1cccc(O)c1)c1ccc([nH]1)C(C)(c1cccc(O)c1)c1ccc2[nH]1. The van der Waals surface area contributed by atoms with Crippen LogP contribution in [-0.4, -0.2) is 30.1 Å². The number of phenols is 2. The summed E-state index contributed by atoms with van der Waals surface area (Å²) in [4.78, 5) is 15.7. The maximum atomic E-state index is 15.3. The van der Waals surface area contributed by atoms with E-state index < -0.39 is 29.3 Å². The number of nitrogens with one attached hydrogen (secondary N) is 4. The van der Waals surface area contributed by atoms with Gasteiger partial charge in [-0.15, -0.1) is 0 Å². The molecule has 9 aromatic rings. The average molecular weight is 863 g/mol. The molecule has 0 saturated heterocycles. The van der Waals surface area contributed by atoms with Crippen LogP contribution in [0.25, 0.3) is 0 Å². The van der Waals surface area contributed by atoms with Gasteiger partial charge in [0.1, 0.15) is 23.0 Å². The lowest BCUT2D eigenvalue weighted by atomic mass is 9.76. The fourth-order valence-corrected chi connectivity index (χ4v) is 11.7. The quantitative estimate of drug-likeness (QED) is 0.0982. The van der Waals surface area contributed by atoms with E-state index in [0.717, 1.165) is 67.8 Å². The molecule has 6 N–H and O–H groups in total. The van der Waals surface area contributed by atoms with Crippen molar-refractivity contribution in [3.8, 4) is 23.0 Å². The molecule has 0 amide bonds. The van der Waals surface area contributed by atoms with Crippen LogP contribution in [0.5, 0.6) is 23.0 Å². The number of aromatic hydroxyl groups is 2. The summed E-state index contributed by atoms with van der Waals surface area (Å²) in [5, 5.41) is 22.3. The van der Waals surface area contributed by atoms with Crippen molar-refractivity contribution in [2.24, 2.45) is 0 Å². The number of aromatic nitrogens is 4. The smallest absolute Gasteiger partial charge is 0.462 e. The largest absolute Gasteiger partial charge is 0.508 e. The highest BCUT2D eigenvalue weighted by Crippen LogP contribution is 2.52. The van der Waals surface area contributed by atoms with Crippen LogP contribution in [-0.2, 0) is 26.2 Å². The van der Waals surface area contributed by atoms with Crippen molar-refractivity contribution >= 4 is 12.9 Å². The highest BCUT2D eigenvalue weighted by Gasteiger charge is 2.44. The fourth-order valence-electron chi connectivity index (χ4n) is 10.1. The van der Waals surface area contributed by atoms with Crippen molar-refractivity contribution in [2.75, 3.05) is 0 Å². The van der Waals surface area contributed by atoms with Gasteiger partial charge < -0.3 is 39.2 Å². The lowest BCUT2D eigenvalue weighted by Crippen LogP contribution is -2.32. The van der Waals surface area contributed by atoms with E-state index in [1.54, 1.807) is 24.3 Å². The number of hydrogen-bond donors (Lipinski definition) is 6. The van der Waals surface area contributed by atoms with Gasteiger partial charge in [0.2, 0.25) is 0 Å². The van der Waals surface area contributed by atoms with Gasteiger partial charge >= 0.3 is 7.60 Å². The molecule has 4 aromatic heterocycles. The molecule has 6 heterocycles. The number of rotatable bonds is 3. The zero-order valence-corrected chi connectivity index (χ0v) is 36.7. The maximum Gasteiger partial charge on any atom is 0.462 e. The average Bonchev–Trinajstić information content (AvgIpc) is 4.16. The van der Waals surface area contributed by atoms with Gasteiger partial charge in [0.05, 0.1) is 27.0 Å². The first-order chi connectivity index (χ1) is 30.8. The summed E-state index contributed by atoms with van der Waals surface area (Å²) in [7, 11) is -4.05. The van der Waals surface area contributed by atoms with Crippen LogP contribution in [0.15, 0.2) is 176 Å². The zero-order chi connectivity index (χ0) is 44.1. The second kappa shape index (κ2) is 14.1. The van der Waals surface area contributed by atoms with Crippen LogP contribution < -0.4 is 14.4 Å². The highest BCUT2D eigenvalue weighted by atomic mass is 31.2. The number of benzene rings is 5. The van der Waals surface area contributed by atoms with Crippen LogP contribution in [0, 0.1) is 0 Å². The molecule has 0 aliphatic carbocycles. The van der Waals surface area contributed by atoms with E-state index in [2.05, 4.69) is 108 Å². The Kier molecular flexibility index (Phi) is 8.69. The third kappa shape index (κ3) is 5.80. The monoisotopic (exact) mass is 862 g/mol. The molecule has 10 heteroatoms. The van der Waals surface area contributed by atoms with Crippen molar-refractivity contribution in [1.29, 1.82) is 0 Å². The molecule has 0 saturated carbocycles. The summed E-state index contributed by atoms with van der Waals surface area (Å²) < 4.78 is 28.5. The normalized spacial score (nSPS) is 24.7. The molecule has 64 heavy (non-hydrogen) atoms. The predicted octanol–water partition coefficient (Wildman–Crippen LogP) is 11.4. The van der Waals surface area contributed by atoms with Crippen LogP contribution in [0.2, 0.25) is 0 Å². The zero-order valence-electron chi connectivity index (χ0n) is 35.8. The Bertz CT molecular complexity index is 3100. The van der Waals surface area contributed by atoms with E-state index in [4.69, 9.17) is 9.05 Å². The van der Waals surface area contributed by atoms with Crippen molar-refractivity contribution in [3.63, 3.8) is 0 Å². The predicted molar refractivity (Wildman–Crippen MR) is 249 cm³/mol. The van der Waals surface area contributed by atoms with Gasteiger partial charge in [-0.05, 0) is 159 Å². The molecule has 5 atom stereocenters. The number of aromatic amines is 4. The Balaban J connectivity index is 1.25. The van der Waals surface area contributed by atoms with Gasteiger partial charge in [0, 0.05) is 45.6 Å². The fraction of sp³-hybridized carbons (Fsp3) is 0.148. The first-order valence-corrected chi connectivity index (χ1v) is 23.0. The summed E-state index contributed by atoms with van der Waals surface area (Å²) >= 11 is 0. The Morgan fingerprint density at radius 3 is 0.984 bits per heavy atom. The van der Waals surface area contributed by atoms with E-state index in [9.17, 15) is 10.2 Å². The first kappa shape index (κ1) is 39.5. The third-order valence-electron chi connectivity index (χ3n) is 14.2. The van der Waals surface area contributed by atoms with Crippen molar-refractivity contribution in [3.05, 3.63) is 244 Å². The standard InChI is InChI=1S/C54H47N4O5P/c1-51(34-12-8-16-38(59)30-34)43-22-23-44(55-43)52(2,35-13-9-17-39(60)31-35)46-25-27-48(57-46)54(4)37-15-11-19-41(33-37)63-64(61,42-20-6-5-7-21-42)62-40-18-10-14-36(32-40)53(3,47-26-24-45(51)56-47)49-28-29-50(54)58-49/h5-33,55-60H,1-4H3/t51-,52?,53?,54?,64?/m1/s1. The van der Waals surface area contributed by atoms with Crippen LogP contribution in [0.1, 0.15) is 95.5 Å². The molecule has 0 fully saturated rings. The lowest BCUT2D eigenvalue weighted by Gasteiger charge is -2.34. The minimum Gasteiger partial charge on any atom is -0.508 e. The van der Waals surface area contributed by atoms with Gasteiger partial charge in [-0.1, -0.05) is 66.7 Å². The van der Waals surface area contributed by atoms with Crippen LogP contribution >= 0.6 is 7.60 Å². The first-order valence-electron chi connectivity index (χ1n) is 21.5. The molecule has 11 rings (SSSR count). The maximum absolute atomic E-state index is 15.3. The summed E-state index contributed by atoms with van der Waals surface area (Å²) in [6.07, 6.45) is 0. The summed E-state index contributed by atoms with van der Waals surface area (Å²) in [6.45, 7) is 8.69. The van der Waals surface area contributed by atoms with Gasteiger partial charge in [-0.3, -0.25) is 0 Å². The van der Waals surface area contributed by atoms with Crippen LogP contribution in [0.3, 0.4) is 0 Å². The minimum absolute atomic E-state index is 0.159. The molecule has 2 aliphatic rings. The van der Waals surface area contributed by atoms with Crippen molar-refractivity contribution in [1.82, 2.24) is 19.9 Å². The third-order valence-corrected chi connectivity index (χ3v) is 16.1. The molecule has 2 aliphatic heterocycles. The summed E-state index contributed by atoms with van der Waals surface area (Å²) in [5.41, 5.74) is 7.32. The second-order valence-electron chi connectivity index (χ2n) is 17.8. The molecule has 0 spiro atoms. The van der Waals surface area contributed by atoms with E-state index in [1.807, 2.05) is 91.0 Å². The van der Waals surface area contributed by atoms with Gasteiger partial charge in [0.25, 0.3) is 0 Å². The lowest BCUT2D eigenvalue weighted by molar-refractivity contribution is 0.398. The summed E-state index contributed by atoms with van der Waals surface area (Å²) in [5.74, 6) is 1.11. The number of H-pyrrole nitrogens is 4. The molecule has 14 bridgehead atoms. The topological polar surface area (TPSA) is 139 Å². The Morgan fingerprint density at radius 2 is 0.672 bits per heavy atom. The van der Waals surface area contributed by atoms with Crippen molar-refractivity contribution in [2.45, 2.75) is 49.4 Å².